The van der Waals surface area contributed by atoms with E-state index in [1.165, 1.54) is 28.8 Å². The summed E-state index contributed by atoms with van der Waals surface area (Å²) < 4.78 is 1.34. The van der Waals surface area contributed by atoms with E-state index < -0.39 is 4.92 Å². The molecule has 0 atom stereocenters. The van der Waals surface area contributed by atoms with Gasteiger partial charge in [-0.15, -0.1) is 5.10 Å². The monoisotopic (exact) mass is 256 g/mol. The predicted molar refractivity (Wildman–Crippen MR) is 66.7 cm³/mol. The maximum atomic E-state index is 10.9. The van der Waals surface area contributed by atoms with E-state index in [1.807, 2.05) is 0 Å². The molecule has 0 amide bonds. The lowest BCUT2D eigenvalue weighted by molar-refractivity contribution is -0.383. The maximum Gasteiger partial charge on any atom is 0.313 e. The van der Waals surface area contributed by atoms with Crippen LogP contribution < -0.4 is 0 Å². The van der Waals surface area contributed by atoms with Gasteiger partial charge in [-0.2, -0.15) is 0 Å². The minimum atomic E-state index is -0.504. The highest BCUT2D eigenvalue weighted by Gasteiger charge is 2.16. The number of benzene rings is 1. The minimum absolute atomic E-state index is 0.0888. The third-order valence-electron chi connectivity index (χ3n) is 2.64. The number of aromatic hydroxyl groups is 1. The lowest BCUT2D eigenvalue weighted by Crippen LogP contribution is -1.93. The lowest BCUT2D eigenvalue weighted by Gasteiger charge is -1.94. The van der Waals surface area contributed by atoms with Crippen LogP contribution in [0.4, 0.5) is 5.69 Å². The summed E-state index contributed by atoms with van der Waals surface area (Å²) in [7, 11) is 0. The van der Waals surface area contributed by atoms with Crippen LogP contribution in [0.5, 0.6) is 5.75 Å². The molecule has 3 aromatic rings. The summed E-state index contributed by atoms with van der Waals surface area (Å²) in [6.45, 7) is 0. The van der Waals surface area contributed by atoms with Crippen molar-refractivity contribution >= 4 is 11.3 Å². The number of phenolic OH excluding ortho intramolecular Hbond substituents is 1. The molecule has 0 aliphatic heterocycles. The summed E-state index contributed by atoms with van der Waals surface area (Å²) in [6, 6.07) is 9.32. The van der Waals surface area contributed by atoms with Crippen molar-refractivity contribution in [2.24, 2.45) is 0 Å². The van der Waals surface area contributed by atoms with Crippen LogP contribution in [-0.2, 0) is 0 Å². The topological polar surface area (TPSA) is 93.6 Å². The van der Waals surface area contributed by atoms with Crippen LogP contribution in [0.3, 0.4) is 0 Å². The maximum absolute atomic E-state index is 10.9. The van der Waals surface area contributed by atoms with Crippen LogP contribution >= 0.6 is 0 Å². The molecule has 1 N–H and O–H groups in total. The third kappa shape index (κ3) is 1.86. The standard InChI is InChI=1S/C12H8N4O3/c17-9-4-1-3-8(7-9)11-13-12-10(16(18)19)5-2-6-15(12)14-11/h1-7,17H. The van der Waals surface area contributed by atoms with E-state index in [0.717, 1.165) is 0 Å². The van der Waals surface area contributed by atoms with E-state index in [-0.39, 0.29) is 17.1 Å². The number of hydrogen-bond acceptors (Lipinski definition) is 5. The van der Waals surface area contributed by atoms with Crippen LogP contribution in [-0.4, -0.2) is 24.6 Å². The summed E-state index contributed by atoms with van der Waals surface area (Å²) in [5.41, 5.74) is 0.658. The Kier molecular flexibility index (Phi) is 2.38. The molecule has 0 unspecified atom stereocenters. The highest BCUT2D eigenvalue weighted by Crippen LogP contribution is 2.23. The number of aromatic nitrogens is 3. The van der Waals surface area contributed by atoms with Gasteiger partial charge < -0.3 is 5.11 Å². The van der Waals surface area contributed by atoms with Crippen LogP contribution in [0, 0.1) is 10.1 Å². The van der Waals surface area contributed by atoms with Crippen LogP contribution in [0.2, 0.25) is 0 Å². The molecular weight excluding hydrogens is 248 g/mol. The van der Waals surface area contributed by atoms with Gasteiger partial charge in [0.1, 0.15) is 5.75 Å². The summed E-state index contributed by atoms with van der Waals surface area (Å²) in [5.74, 6) is 0.413. The number of pyridine rings is 1. The van der Waals surface area contributed by atoms with Crippen molar-refractivity contribution in [3.05, 3.63) is 52.7 Å². The normalized spacial score (nSPS) is 10.7. The molecule has 1 aromatic carbocycles. The number of nitrogens with zero attached hydrogens (tertiary/aromatic N) is 4. The quantitative estimate of drug-likeness (QED) is 0.559. The van der Waals surface area contributed by atoms with Gasteiger partial charge in [-0.05, 0) is 18.2 Å². The van der Waals surface area contributed by atoms with Gasteiger partial charge in [-0.25, -0.2) is 9.50 Å². The highest BCUT2D eigenvalue weighted by molar-refractivity contribution is 5.65. The Morgan fingerprint density at radius 2 is 2.11 bits per heavy atom. The molecule has 0 radical (unpaired) electrons. The molecule has 2 aromatic heterocycles. The van der Waals surface area contributed by atoms with Gasteiger partial charge >= 0.3 is 5.69 Å². The predicted octanol–water partition coefficient (Wildman–Crippen LogP) is 2.01. The Labute approximate surface area is 106 Å². The molecule has 7 nitrogen and oxygen atoms in total. The van der Waals surface area contributed by atoms with Crippen LogP contribution in [0.15, 0.2) is 42.6 Å². The average Bonchev–Trinajstić information content (AvgIpc) is 2.82. The Morgan fingerprint density at radius 1 is 1.26 bits per heavy atom. The fourth-order valence-corrected chi connectivity index (χ4v) is 1.80. The molecule has 7 heteroatoms. The molecule has 0 fully saturated rings. The van der Waals surface area contributed by atoms with Gasteiger partial charge in [-0.1, -0.05) is 12.1 Å². The summed E-state index contributed by atoms with van der Waals surface area (Å²) >= 11 is 0. The van der Waals surface area contributed by atoms with Crippen molar-refractivity contribution in [1.82, 2.24) is 14.6 Å². The van der Waals surface area contributed by atoms with E-state index in [4.69, 9.17) is 0 Å². The first kappa shape index (κ1) is 11.1. The first-order valence-electron chi connectivity index (χ1n) is 5.44. The molecular formula is C12H8N4O3. The summed E-state index contributed by atoms with van der Waals surface area (Å²) in [4.78, 5) is 14.5. The van der Waals surface area contributed by atoms with E-state index >= 15 is 0 Å². The third-order valence-corrected chi connectivity index (χ3v) is 2.64. The van der Waals surface area contributed by atoms with Crippen molar-refractivity contribution < 1.29 is 10.0 Å². The second-order valence-electron chi connectivity index (χ2n) is 3.90. The van der Waals surface area contributed by atoms with Gasteiger partial charge in [0.15, 0.2) is 5.82 Å². The van der Waals surface area contributed by atoms with Gasteiger partial charge in [0.2, 0.25) is 5.65 Å². The Balaban J connectivity index is 2.22. The molecule has 19 heavy (non-hydrogen) atoms. The number of hydrogen-bond donors (Lipinski definition) is 1. The molecule has 0 spiro atoms. The minimum Gasteiger partial charge on any atom is -0.508 e. The zero-order valence-electron chi connectivity index (χ0n) is 9.59. The molecule has 3 rings (SSSR count). The molecule has 0 aliphatic rings. The first-order chi connectivity index (χ1) is 9.15. The summed E-state index contributed by atoms with van der Waals surface area (Å²) in [5, 5.41) is 24.5. The molecule has 2 heterocycles. The number of fused-ring (bicyclic) bond motifs is 1. The van der Waals surface area contributed by atoms with Crippen molar-refractivity contribution in [1.29, 1.82) is 0 Å². The molecule has 0 aliphatic carbocycles. The zero-order valence-corrected chi connectivity index (χ0v) is 9.59. The average molecular weight is 256 g/mol. The summed E-state index contributed by atoms with van der Waals surface area (Å²) in [6.07, 6.45) is 1.58. The van der Waals surface area contributed by atoms with Gasteiger partial charge in [-0.3, -0.25) is 10.1 Å². The molecule has 0 saturated heterocycles. The van der Waals surface area contributed by atoms with Crippen LogP contribution in [0.1, 0.15) is 0 Å². The van der Waals surface area contributed by atoms with Crippen molar-refractivity contribution in [3.8, 4) is 17.1 Å². The first-order valence-corrected chi connectivity index (χ1v) is 5.44. The van der Waals surface area contributed by atoms with Crippen molar-refractivity contribution in [2.75, 3.05) is 0 Å². The Morgan fingerprint density at radius 3 is 2.84 bits per heavy atom. The molecule has 94 valence electrons. The zero-order chi connectivity index (χ0) is 13.4. The van der Waals surface area contributed by atoms with E-state index in [2.05, 4.69) is 10.1 Å². The van der Waals surface area contributed by atoms with E-state index in [9.17, 15) is 15.2 Å². The molecule has 0 bridgehead atoms. The Hall–Kier alpha value is -2.96. The van der Waals surface area contributed by atoms with Crippen molar-refractivity contribution in [3.63, 3.8) is 0 Å². The van der Waals surface area contributed by atoms with Crippen molar-refractivity contribution in [2.45, 2.75) is 0 Å². The van der Waals surface area contributed by atoms with E-state index in [1.54, 1.807) is 18.3 Å². The number of phenols is 1. The van der Waals surface area contributed by atoms with Crippen LogP contribution in [0.25, 0.3) is 17.0 Å². The second-order valence-corrected chi connectivity index (χ2v) is 3.90. The Bertz CT molecular complexity index is 781. The SMILES string of the molecule is O=[N+]([O-])c1cccn2nc(-c3cccc(O)c3)nc12. The second kappa shape index (κ2) is 4.05. The van der Waals surface area contributed by atoms with Gasteiger partial charge in [0.25, 0.3) is 0 Å². The number of nitro groups is 1. The highest BCUT2D eigenvalue weighted by atomic mass is 16.6. The van der Waals surface area contributed by atoms with Gasteiger partial charge in [0.05, 0.1) is 4.92 Å². The van der Waals surface area contributed by atoms with E-state index in [0.29, 0.717) is 11.4 Å². The smallest absolute Gasteiger partial charge is 0.313 e. The number of rotatable bonds is 2. The largest absolute Gasteiger partial charge is 0.508 e. The fraction of sp³-hybridized carbons (Fsp3) is 0. The molecule has 0 saturated carbocycles. The van der Waals surface area contributed by atoms with Gasteiger partial charge in [0, 0.05) is 17.8 Å². The lowest BCUT2D eigenvalue weighted by atomic mass is 10.2. The fourth-order valence-electron chi connectivity index (χ4n) is 1.80.